The number of hydrogen-bond donors (Lipinski definition) is 1. The largest absolute Gasteiger partial charge is 0.490 e. The average molecular weight is 341 g/mol. The lowest BCUT2D eigenvalue weighted by Crippen LogP contribution is -2.30. The number of carbonyl (C=O) groups excluding carboxylic acids is 1. The molecule has 2 heterocycles. The van der Waals surface area contributed by atoms with E-state index >= 15 is 0 Å². The van der Waals surface area contributed by atoms with Gasteiger partial charge in [-0.3, -0.25) is 4.79 Å². The summed E-state index contributed by atoms with van der Waals surface area (Å²) in [5.41, 5.74) is 7.07. The smallest absolute Gasteiger partial charge is 0.224 e. The Morgan fingerprint density at radius 1 is 1.35 bits per heavy atom. The van der Waals surface area contributed by atoms with E-state index in [4.69, 9.17) is 15.2 Å². The van der Waals surface area contributed by atoms with Gasteiger partial charge in [-0.25, -0.2) is 0 Å². The van der Waals surface area contributed by atoms with Crippen molar-refractivity contribution in [3.05, 3.63) is 22.2 Å². The van der Waals surface area contributed by atoms with Gasteiger partial charge in [0.25, 0.3) is 0 Å². The number of rotatable bonds is 1. The van der Waals surface area contributed by atoms with E-state index in [1.54, 1.807) is 11.9 Å². The molecule has 0 radical (unpaired) electrons. The number of nitrogens with two attached hydrogens (primary N) is 1. The molecule has 5 nitrogen and oxygen atoms in total. The minimum absolute atomic E-state index is 0.0748. The molecule has 1 saturated heterocycles. The number of hydrogen-bond acceptors (Lipinski definition) is 4. The van der Waals surface area contributed by atoms with Crippen LogP contribution in [-0.4, -0.2) is 37.1 Å². The summed E-state index contributed by atoms with van der Waals surface area (Å²) >= 11 is 3.52. The predicted molar refractivity (Wildman–Crippen MR) is 77.9 cm³/mol. The van der Waals surface area contributed by atoms with Crippen molar-refractivity contribution in [3.8, 4) is 11.5 Å². The third-order valence-electron chi connectivity index (χ3n) is 3.79. The summed E-state index contributed by atoms with van der Waals surface area (Å²) in [6.07, 6.45) is 1.24. The van der Waals surface area contributed by atoms with E-state index in [1.165, 1.54) is 0 Å². The molecule has 2 N–H and O–H groups in total. The molecule has 3 rings (SSSR count). The molecule has 0 saturated carbocycles. The molecule has 0 spiro atoms. The zero-order valence-electron chi connectivity index (χ0n) is 11.3. The molecule has 2 aliphatic heterocycles. The zero-order chi connectivity index (χ0) is 14.3. The Labute approximate surface area is 126 Å². The van der Waals surface area contributed by atoms with Gasteiger partial charge in [0.05, 0.1) is 23.7 Å². The van der Waals surface area contributed by atoms with Crippen molar-refractivity contribution in [2.24, 2.45) is 5.73 Å². The average Bonchev–Trinajstić information content (AvgIpc) is 2.58. The molecular weight excluding hydrogens is 324 g/mol. The number of ether oxygens (including phenoxy) is 2. The molecule has 1 amide bonds. The first-order valence-corrected chi connectivity index (χ1v) is 7.47. The number of likely N-dealkylation sites (N-methyl/N-ethyl adjacent to an activating group) is 1. The van der Waals surface area contributed by atoms with Gasteiger partial charge in [-0.1, -0.05) is 0 Å². The van der Waals surface area contributed by atoms with Crippen molar-refractivity contribution >= 4 is 21.8 Å². The third kappa shape index (κ3) is 2.27. The molecule has 0 aliphatic carbocycles. The first kappa shape index (κ1) is 13.7. The van der Waals surface area contributed by atoms with Crippen molar-refractivity contribution in [2.45, 2.75) is 24.9 Å². The Morgan fingerprint density at radius 3 is 2.80 bits per heavy atom. The molecule has 2 aliphatic rings. The Kier molecular flexibility index (Phi) is 3.60. The number of likely N-dealkylation sites (tertiary alicyclic amines) is 1. The maximum Gasteiger partial charge on any atom is 0.224 e. The Bertz CT molecular complexity index is 549. The Morgan fingerprint density at radius 2 is 2.10 bits per heavy atom. The molecule has 2 atom stereocenters. The van der Waals surface area contributed by atoms with Gasteiger partial charge < -0.3 is 20.1 Å². The van der Waals surface area contributed by atoms with Crippen LogP contribution in [-0.2, 0) is 4.79 Å². The summed E-state index contributed by atoms with van der Waals surface area (Å²) in [5.74, 6) is 1.52. The fourth-order valence-electron chi connectivity index (χ4n) is 2.79. The van der Waals surface area contributed by atoms with E-state index in [-0.39, 0.29) is 18.0 Å². The Hall–Kier alpha value is -1.27. The van der Waals surface area contributed by atoms with Crippen molar-refractivity contribution < 1.29 is 14.3 Å². The highest BCUT2D eigenvalue weighted by atomic mass is 79.9. The lowest BCUT2D eigenvalue weighted by molar-refractivity contribution is -0.127. The first-order chi connectivity index (χ1) is 9.58. The fourth-order valence-corrected chi connectivity index (χ4v) is 3.37. The molecule has 0 bridgehead atoms. The first-order valence-electron chi connectivity index (χ1n) is 6.68. The quantitative estimate of drug-likeness (QED) is 0.847. The topological polar surface area (TPSA) is 64.8 Å². The van der Waals surface area contributed by atoms with E-state index in [0.717, 1.165) is 22.2 Å². The van der Waals surface area contributed by atoms with Gasteiger partial charge in [0.15, 0.2) is 11.5 Å². The minimum atomic E-state index is -0.191. The molecule has 1 fully saturated rings. The maximum absolute atomic E-state index is 11.8. The second kappa shape index (κ2) is 5.26. The van der Waals surface area contributed by atoms with Gasteiger partial charge in [0.1, 0.15) is 0 Å². The third-order valence-corrected chi connectivity index (χ3v) is 4.38. The number of carbonyl (C=O) groups is 1. The van der Waals surface area contributed by atoms with Crippen molar-refractivity contribution in [1.82, 2.24) is 4.90 Å². The number of nitrogens with zero attached hydrogens (tertiary/aromatic N) is 1. The summed E-state index contributed by atoms with van der Waals surface area (Å²) in [6, 6.07) is 3.60. The summed E-state index contributed by atoms with van der Waals surface area (Å²) in [5, 5.41) is 0. The zero-order valence-corrected chi connectivity index (χ0v) is 12.9. The van der Waals surface area contributed by atoms with Crippen LogP contribution in [0.15, 0.2) is 16.6 Å². The number of benzene rings is 1. The molecule has 1 aromatic carbocycles. The maximum atomic E-state index is 11.8. The van der Waals surface area contributed by atoms with Gasteiger partial charge in [-0.2, -0.15) is 0 Å². The second-order valence-corrected chi connectivity index (χ2v) is 6.05. The van der Waals surface area contributed by atoms with Gasteiger partial charge in [-0.05, 0) is 33.6 Å². The monoisotopic (exact) mass is 340 g/mol. The van der Waals surface area contributed by atoms with Gasteiger partial charge >= 0.3 is 0 Å². The van der Waals surface area contributed by atoms with E-state index in [1.807, 2.05) is 12.1 Å². The fraction of sp³-hybridized carbons (Fsp3) is 0.500. The molecule has 108 valence electrons. The van der Waals surface area contributed by atoms with E-state index < -0.39 is 0 Å². The highest BCUT2D eigenvalue weighted by molar-refractivity contribution is 9.10. The molecule has 0 aromatic heterocycles. The standard InChI is InChI=1S/C14H17BrN2O3/c1-17-12(18)7-10(16)13(17)8-5-9(15)14-11(6-8)19-3-2-4-20-14/h5-6,10,13H,2-4,7,16H2,1H3. The van der Waals surface area contributed by atoms with Crippen molar-refractivity contribution in [2.75, 3.05) is 20.3 Å². The van der Waals surface area contributed by atoms with Crippen molar-refractivity contribution in [3.63, 3.8) is 0 Å². The van der Waals surface area contributed by atoms with Gasteiger partial charge in [0, 0.05) is 25.9 Å². The van der Waals surface area contributed by atoms with Crippen LogP contribution in [0.1, 0.15) is 24.4 Å². The van der Waals surface area contributed by atoms with Crippen LogP contribution < -0.4 is 15.2 Å². The van der Waals surface area contributed by atoms with Crippen LogP contribution in [0, 0.1) is 0 Å². The van der Waals surface area contributed by atoms with Crippen LogP contribution in [0.3, 0.4) is 0 Å². The van der Waals surface area contributed by atoms with Crippen LogP contribution in [0.25, 0.3) is 0 Å². The molecular formula is C14H17BrN2O3. The molecule has 6 heteroatoms. The predicted octanol–water partition coefficient (Wildman–Crippen LogP) is 1.84. The van der Waals surface area contributed by atoms with Crippen LogP contribution in [0.5, 0.6) is 11.5 Å². The molecule has 1 aromatic rings. The SMILES string of the molecule is CN1C(=O)CC(N)C1c1cc(Br)c2c(c1)OCCCO2. The summed E-state index contributed by atoms with van der Waals surface area (Å²) < 4.78 is 12.3. The lowest BCUT2D eigenvalue weighted by atomic mass is 10.0. The van der Waals surface area contributed by atoms with E-state index in [9.17, 15) is 4.79 Å². The normalized spacial score (nSPS) is 25.8. The molecule has 20 heavy (non-hydrogen) atoms. The highest BCUT2D eigenvalue weighted by Crippen LogP contribution is 2.42. The van der Waals surface area contributed by atoms with Crippen LogP contribution in [0.2, 0.25) is 0 Å². The van der Waals surface area contributed by atoms with Crippen LogP contribution >= 0.6 is 15.9 Å². The number of fused-ring (bicyclic) bond motifs is 1. The molecule has 2 unspecified atom stereocenters. The minimum Gasteiger partial charge on any atom is -0.490 e. The lowest BCUT2D eigenvalue weighted by Gasteiger charge is -2.24. The van der Waals surface area contributed by atoms with E-state index in [2.05, 4.69) is 15.9 Å². The number of amides is 1. The number of halogens is 1. The van der Waals surface area contributed by atoms with Gasteiger partial charge in [-0.15, -0.1) is 0 Å². The highest BCUT2D eigenvalue weighted by Gasteiger charge is 2.37. The summed E-state index contributed by atoms with van der Waals surface area (Å²) in [6.45, 7) is 1.28. The Balaban J connectivity index is 2.01. The van der Waals surface area contributed by atoms with Crippen molar-refractivity contribution in [1.29, 1.82) is 0 Å². The second-order valence-electron chi connectivity index (χ2n) is 5.20. The van der Waals surface area contributed by atoms with E-state index in [0.29, 0.717) is 25.4 Å². The summed E-state index contributed by atoms with van der Waals surface area (Å²) in [4.78, 5) is 13.5. The van der Waals surface area contributed by atoms with Gasteiger partial charge in [0.2, 0.25) is 5.91 Å². The summed E-state index contributed by atoms with van der Waals surface area (Å²) in [7, 11) is 1.79. The van der Waals surface area contributed by atoms with Crippen LogP contribution in [0.4, 0.5) is 0 Å².